The Morgan fingerprint density at radius 1 is 0.449 bits per heavy atom. The van der Waals surface area contributed by atoms with E-state index in [1.54, 1.807) is 0 Å². The van der Waals surface area contributed by atoms with Crippen molar-refractivity contribution in [3.63, 3.8) is 0 Å². The first-order valence-electron chi connectivity index (χ1n) is 21.3. The molecule has 0 aliphatic heterocycles. The van der Waals surface area contributed by atoms with Gasteiger partial charge in [0.05, 0.1) is 0 Å². The number of aliphatic hydroxyl groups excluding tert-OH is 1. The van der Waals surface area contributed by atoms with Crippen LogP contribution in [-0.4, -0.2) is 61.2 Å². The lowest BCUT2D eigenvalue weighted by molar-refractivity contribution is -0.121. The van der Waals surface area contributed by atoms with E-state index < -0.39 is 0 Å². The average molecular weight is 690 g/mol. The number of nitrogens with one attached hydrogen (secondary N) is 2. The third-order valence-corrected chi connectivity index (χ3v) is 9.46. The second-order valence-corrected chi connectivity index (χ2v) is 14.3. The molecule has 0 aromatic heterocycles. The largest absolute Gasteiger partial charge is 0.396 e. The molecule has 0 heterocycles. The van der Waals surface area contributed by atoms with Gasteiger partial charge in [0.1, 0.15) is 0 Å². The van der Waals surface area contributed by atoms with Crippen molar-refractivity contribution in [1.82, 2.24) is 15.5 Å². The molecular weight excluding hydrogens is 606 g/mol. The minimum absolute atomic E-state index is 0.132. The van der Waals surface area contributed by atoms with Gasteiger partial charge in [0.2, 0.25) is 11.8 Å². The molecule has 0 spiro atoms. The van der Waals surface area contributed by atoms with Crippen LogP contribution in [0.25, 0.3) is 0 Å². The Labute approximate surface area is 305 Å². The molecule has 0 aliphatic rings. The van der Waals surface area contributed by atoms with Gasteiger partial charge in [-0.2, -0.15) is 0 Å². The molecule has 0 fully saturated rings. The van der Waals surface area contributed by atoms with Crippen LogP contribution in [0.2, 0.25) is 0 Å². The molecular formula is C43H83N3O3. The van der Waals surface area contributed by atoms with Gasteiger partial charge in [-0.25, -0.2) is 0 Å². The second-order valence-electron chi connectivity index (χ2n) is 14.3. The summed E-state index contributed by atoms with van der Waals surface area (Å²) in [5.74, 6) is 0.265. The number of rotatable bonds is 39. The summed E-state index contributed by atoms with van der Waals surface area (Å²) < 4.78 is 0. The minimum atomic E-state index is 0.132. The standard InChI is InChI=1S/C43H83N3O3/c1-3-5-7-9-11-13-15-17-19-21-23-25-27-29-31-34-42(48)44-36-39-46(38-33-41-47)40-37-45-43(49)35-32-30-28-26-24-22-20-18-16-14-12-10-8-6-4-2/h17-20,47H,3-16,21-41H2,1-2H3,(H,44,48)(H,45,49)/b19-17+,20-18?. The third-order valence-electron chi connectivity index (χ3n) is 9.46. The Hall–Kier alpha value is -1.66. The number of allylic oxidation sites excluding steroid dienone is 4. The molecule has 0 saturated heterocycles. The Bertz CT molecular complexity index is 697. The zero-order valence-electron chi connectivity index (χ0n) is 32.8. The van der Waals surface area contributed by atoms with E-state index in [4.69, 9.17) is 0 Å². The molecule has 0 saturated carbocycles. The molecule has 0 radical (unpaired) electrons. The van der Waals surface area contributed by atoms with Crippen LogP contribution in [0.15, 0.2) is 24.3 Å². The summed E-state index contributed by atoms with van der Waals surface area (Å²) in [6.45, 7) is 8.15. The molecule has 0 bridgehead atoms. The van der Waals surface area contributed by atoms with Crippen LogP contribution in [0, 0.1) is 0 Å². The Kier molecular flexibility index (Phi) is 39.4. The van der Waals surface area contributed by atoms with E-state index in [-0.39, 0.29) is 18.4 Å². The summed E-state index contributed by atoms with van der Waals surface area (Å²) in [5, 5.41) is 15.4. The highest BCUT2D eigenvalue weighted by molar-refractivity contribution is 5.76. The molecule has 0 aliphatic carbocycles. The van der Waals surface area contributed by atoms with Crippen LogP contribution in [0.4, 0.5) is 0 Å². The SMILES string of the molecule is CCCCCCCCC=CCCCCCCCC(=O)NCCN(CCCO)CCNC(=O)CCCCCCC/C=C/CCCCCCCC. The van der Waals surface area contributed by atoms with Crippen LogP contribution in [-0.2, 0) is 9.59 Å². The molecule has 2 amide bonds. The van der Waals surface area contributed by atoms with Gasteiger partial charge >= 0.3 is 0 Å². The van der Waals surface area contributed by atoms with E-state index in [9.17, 15) is 14.7 Å². The number of hydrogen-bond donors (Lipinski definition) is 3. The van der Waals surface area contributed by atoms with Crippen molar-refractivity contribution < 1.29 is 14.7 Å². The van der Waals surface area contributed by atoms with Gasteiger partial charge in [-0.05, 0) is 70.6 Å². The number of amides is 2. The molecule has 0 aromatic rings. The number of carbonyl (C=O) groups excluding carboxylic acids is 2. The Morgan fingerprint density at radius 3 is 1.12 bits per heavy atom. The number of carbonyl (C=O) groups is 2. The molecule has 0 rings (SSSR count). The Balaban J connectivity index is 3.72. The van der Waals surface area contributed by atoms with Crippen molar-refractivity contribution in [2.75, 3.05) is 39.3 Å². The first-order chi connectivity index (χ1) is 24.1. The predicted octanol–water partition coefficient (Wildman–Crippen LogP) is 11.0. The molecule has 0 unspecified atom stereocenters. The number of unbranched alkanes of at least 4 members (excludes halogenated alkanes) is 22. The lowest BCUT2D eigenvalue weighted by Crippen LogP contribution is -2.40. The summed E-state index contributed by atoms with van der Waals surface area (Å²) in [4.78, 5) is 26.9. The van der Waals surface area contributed by atoms with Gasteiger partial charge in [0.25, 0.3) is 0 Å². The normalized spacial score (nSPS) is 11.8. The maximum atomic E-state index is 12.3. The van der Waals surface area contributed by atoms with Crippen molar-refractivity contribution in [3.05, 3.63) is 24.3 Å². The van der Waals surface area contributed by atoms with Crippen molar-refractivity contribution in [2.24, 2.45) is 0 Å². The summed E-state index contributed by atoms with van der Waals surface area (Å²) in [5.41, 5.74) is 0. The van der Waals surface area contributed by atoms with Crippen LogP contribution < -0.4 is 10.6 Å². The van der Waals surface area contributed by atoms with Crippen LogP contribution >= 0.6 is 0 Å². The molecule has 288 valence electrons. The fraction of sp³-hybridized carbons (Fsp3) is 0.860. The summed E-state index contributed by atoms with van der Waals surface area (Å²) in [6.07, 6.45) is 44.1. The van der Waals surface area contributed by atoms with Crippen molar-refractivity contribution in [2.45, 2.75) is 200 Å². The number of aliphatic hydroxyl groups is 1. The third kappa shape index (κ3) is 39.0. The molecule has 3 N–H and O–H groups in total. The maximum absolute atomic E-state index is 12.3. The van der Waals surface area contributed by atoms with E-state index in [1.807, 2.05) is 0 Å². The van der Waals surface area contributed by atoms with E-state index in [2.05, 4.69) is 53.7 Å². The highest BCUT2D eigenvalue weighted by Crippen LogP contribution is 2.11. The average Bonchev–Trinajstić information content (AvgIpc) is 3.10. The fourth-order valence-electron chi connectivity index (χ4n) is 6.23. The minimum Gasteiger partial charge on any atom is -0.396 e. The van der Waals surface area contributed by atoms with Crippen molar-refractivity contribution in [1.29, 1.82) is 0 Å². The molecule has 0 aromatic carbocycles. The van der Waals surface area contributed by atoms with Gasteiger partial charge in [-0.15, -0.1) is 0 Å². The summed E-state index contributed by atoms with van der Waals surface area (Å²) in [7, 11) is 0. The van der Waals surface area contributed by atoms with Crippen LogP contribution in [0.3, 0.4) is 0 Å². The zero-order valence-corrected chi connectivity index (χ0v) is 32.8. The first kappa shape index (κ1) is 47.3. The van der Waals surface area contributed by atoms with E-state index in [0.717, 1.165) is 45.3 Å². The molecule has 6 heteroatoms. The summed E-state index contributed by atoms with van der Waals surface area (Å²) >= 11 is 0. The lowest BCUT2D eigenvalue weighted by Gasteiger charge is -2.22. The van der Waals surface area contributed by atoms with Gasteiger partial charge in [-0.1, -0.05) is 141 Å². The van der Waals surface area contributed by atoms with E-state index in [1.165, 1.54) is 141 Å². The first-order valence-corrected chi connectivity index (χ1v) is 21.3. The molecule has 6 nitrogen and oxygen atoms in total. The van der Waals surface area contributed by atoms with Crippen LogP contribution in [0.1, 0.15) is 200 Å². The van der Waals surface area contributed by atoms with Crippen LogP contribution in [0.5, 0.6) is 0 Å². The van der Waals surface area contributed by atoms with Gasteiger partial charge in [0.15, 0.2) is 0 Å². The number of hydrogen-bond acceptors (Lipinski definition) is 4. The van der Waals surface area contributed by atoms with E-state index in [0.29, 0.717) is 32.4 Å². The van der Waals surface area contributed by atoms with Gasteiger partial charge < -0.3 is 15.7 Å². The Morgan fingerprint density at radius 2 is 0.776 bits per heavy atom. The van der Waals surface area contributed by atoms with Gasteiger partial charge in [-0.3, -0.25) is 14.5 Å². The second kappa shape index (κ2) is 40.8. The predicted molar refractivity (Wildman–Crippen MR) is 213 cm³/mol. The quantitative estimate of drug-likeness (QED) is 0.0443. The molecule has 49 heavy (non-hydrogen) atoms. The lowest BCUT2D eigenvalue weighted by atomic mass is 10.1. The topological polar surface area (TPSA) is 81.7 Å². The van der Waals surface area contributed by atoms with Crippen molar-refractivity contribution in [3.8, 4) is 0 Å². The smallest absolute Gasteiger partial charge is 0.220 e. The van der Waals surface area contributed by atoms with E-state index >= 15 is 0 Å². The molecule has 0 atom stereocenters. The summed E-state index contributed by atoms with van der Waals surface area (Å²) in [6, 6.07) is 0. The van der Waals surface area contributed by atoms with Gasteiger partial charge in [0, 0.05) is 52.2 Å². The monoisotopic (exact) mass is 690 g/mol. The van der Waals surface area contributed by atoms with Crippen molar-refractivity contribution >= 4 is 11.8 Å². The zero-order chi connectivity index (χ0) is 35.7. The highest BCUT2D eigenvalue weighted by atomic mass is 16.3. The maximum Gasteiger partial charge on any atom is 0.220 e. The fourth-order valence-corrected chi connectivity index (χ4v) is 6.23. The highest BCUT2D eigenvalue weighted by Gasteiger charge is 2.08. The number of nitrogens with zero attached hydrogens (tertiary/aromatic N) is 1.